The molecule has 128 valence electrons. The number of pyridine rings is 1. The van der Waals surface area contributed by atoms with Gasteiger partial charge in [0.2, 0.25) is 0 Å². The highest BCUT2D eigenvalue weighted by atomic mass is 32.2. The van der Waals surface area contributed by atoms with Crippen molar-refractivity contribution in [1.29, 1.82) is 0 Å². The topological polar surface area (TPSA) is 104 Å². The second kappa shape index (κ2) is 5.78. The third-order valence-electron chi connectivity index (χ3n) is 3.87. The number of nitrogens with zero attached hydrogens (tertiary/aromatic N) is 2. The van der Waals surface area contributed by atoms with Gasteiger partial charge in [-0.1, -0.05) is 6.07 Å². The van der Waals surface area contributed by atoms with Crippen molar-refractivity contribution in [2.45, 2.75) is 4.90 Å². The highest BCUT2D eigenvalue weighted by Crippen LogP contribution is 2.26. The third kappa shape index (κ3) is 2.78. The van der Waals surface area contributed by atoms with Crippen molar-refractivity contribution < 1.29 is 17.9 Å². The van der Waals surface area contributed by atoms with Crippen LogP contribution in [0.15, 0.2) is 53.7 Å². The second-order valence-corrected chi connectivity index (χ2v) is 7.13. The van der Waals surface area contributed by atoms with Crippen molar-refractivity contribution in [3.8, 4) is 0 Å². The second-order valence-electron chi connectivity index (χ2n) is 5.47. The number of benzene rings is 1. The van der Waals surface area contributed by atoms with Crippen molar-refractivity contribution >= 4 is 38.5 Å². The number of aromatic amines is 1. The average Bonchev–Trinajstić information content (AvgIpc) is 3.21. The Labute approximate surface area is 143 Å². The average molecular weight is 358 g/mol. The lowest BCUT2D eigenvalue weighted by molar-refractivity contribution is 0.181. The van der Waals surface area contributed by atoms with Gasteiger partial charge in [0.05, 0.1) is 12.2 Å². The number of aromatic nitrogens is 2. The van der Waals surface area contributed by atoms with Crippen molar-refractivity contribution in [2.75, 3.05) is 22.8 Å². The Bertz CT molecular complexity index is 1060. The number of amides is 1. The molecular formula is C16H14N4O4S. The van der Waals surface area contributed by atoms with Crippen LogP contribution in [0.3, 0.4) is 0 Å². The largest absolute Gasteiger partial charge is 0.447 e. The van der Waals surface area contributed by atoms with E-state index in [1.165, 1.54) is 11.1 Å². The van der Waals surface area contributed by atoms with Crippen molar-refractivity contribution in [3.63, 3.8) is 0 Å². The van der Waals surface area contributed by atoms with Crippen molar-refractivity contribution in [1.82, 2.24) is 9.97 Å². The Balaban J connectivity index is 1.66. The molecule has 0 spiro atoms. The van der Waals surface area contributed by atoms with Crippen LogP contribution in [0, 0.1) is 0 Å². The molecule has 0 aliphatic carbocycles. The summed E-state index contributed by atoms with van der Waals surface area (Å²) in [5.74, 6) is 0. The van der Waals surface area contributed by atoms with Crippen LogP contribution in [0.4, 0.5) is 16.2 Å². The molecule has 0 radical (unpaired) electrons. The van der Waals surface area contributed by atoms with E-state index in [-0.39, 0.29) is 4.90 Å². The predicted molar refractivity (Wildman–Crippen MR) is 92.0 cm³/mol. The summed E-state index contributed by atoms with van der Waals surface area (Å²) in [6, 6.07) is 9.97. The van der Waals surface area contributed by atoms with Crippen LogP contribution in [0.1, 0.15) is 0 Å². The summed E-state index contributed by atoms with van der Waals surface area (Å²) in [7, 11) is -3.81. The molecule has 3 aromatic rings. The lowest BCUT2D eigenvalue weighted by Gasteiger charge is -2.14. The van der Waals surface area contributed by atoms with E-state index in [1.54, 1.807) is 42.6 Å². The van der Waals surface area contributed by atoms with Gasteiger partial charge in [-0.25, -0.2) is 18.2 Å². The Hall–Kier alpha value is -3.07. The molecule has 2 N–H and O–H groups in total. The molecule has 2 aromatic heterocycles. The van der Waals surface area contributed by atoms with E-state index >= 15 is 0 Å². The van der Waals surface area contributed by atoms with Crippen LogP contribution in [0.25, 0.3) is 11.0 Å². The van der Waals surface area contributed by atoms with E-state index in [2.05, 4.69) is 14.7 Å². The fourth-order valence-corrected chi connectivity index (χ4v) is 3.94. The van der Waals surface area contributed by atoms with Crippen LogP contribution in [-0.2, 0) is 14.8 Å². The molecule has 0 unspecified atom stereocenters. The monoisotopic (exact) mass is 358 g/mol. The zero-order valence-electron chi connectivity index (χ0n) is 13.0. The van der Waals surface area contributed by atoms with Gasteiger partial charge in [-0.3, -0.25) is 9.62 Å². The molecule has 1 amide bonds. The van der Waals surface area contributed by atoms with Gasteiger partial charge in [0.25, 0.3) is 10.0 Å². The fraction of sp³-hybridized carbons (Fsp3) is 0.125. The fourth-order valence-electron chi connectivity index (χ4n) is 2.73. The van der Waals surface area contributed by atoms with Gasteiger partial charge in [-0.2, -0.15) is 0 Å². The number of cyclic esters (lactones) is 1. The summed E-state index contributed by atoms with van der Waals surface area (Å²) in [5, 5.41) is 0.509. The molecule has 1 aliphatic heterocycles. The zero-order chi connectivity index (χ0) is 17.4. The minimum atomic E-state index is -3.81. The Morgan fingerprint density at radius 2 is 2.12 bits per heavy atom. The number of fused-ring (bicyclic) bond motifs is 1. The molecule has 9 heteroatoms. The minimum absolute atomic E-state index is 0.113. The van der Waals surface area contributed by atoms with Crippen molar-refractivity contribution in [3.05, 3.63) is 48.8 Å². The lowest BCUT2D eigenvalue weighted by Crippen LogP contribution is -2.23. The number of rotatable bonds is 4. The summed E-state index contributed by atoms with van der Waals surface area (Å²) in [5.41, 5.74) is 1.43. The number of hydrogen-bond acceptors (Lipinski definition) is 5. The maximum Gasteiger partial charge on any atom is 0.414 e. The van der Waals surface area contributed by atoms with Crippen LogP contribution < -0.4 is 9.62 Å². The highest BCUT2D eigenvalue weighted by molar-refractivity contribution is 7.93. The van der Waals surface area contributed by atoms with E-state index in [4.69, 9.17) is 4.74 Å². The first kappa shape index (κ1) is 15.5. The number of ether oxygens (including phenoxy) is 1. The number of carbonyl (C=O) groups excluding carboxylic acids is 1. The Kier molecular flexibility index (Phi) is 3.57. The van der Waals surface area contributed by atoms with E-state index in [9.17, 15) is 13.2 Å². The molecule has 0 bridgehead atoms. The number of sulfonamides is 1. The first-order chi connectivity index (χ1) is 12.0. The van der Waals surface area contributed by atoms with E-state index in [1.807, 2.05) is 0 Å². The Morgan fingerprint density at radius 3 is 2.92 bits per heavy atom. The van der Waals surface area contributed by atoms with Gasteiger partial charge in [-0.05, 0) is 30.3 Å². The van der Waals surface area contributed by atoms with Crippen LogP contribution >= 0.6 is 0 Å². The first-order valence-corrected chi connectivity index (χ1v) is 9.02. The number of anilines is 2. The highest BCUT2D eigenvalue weighted by Gasteiger charge is 2.24. The van der Waals surface area contributed by atoms with E-state index in [0.29, 0.717) is 35.6 Å². The predicted octanol–water partition coefficient (Wildman–Crippen LogP) is 2.32. The van der Waals surface area contributed by atoms with E-state index in [0.717, 1.165) is 0 Å². The summed E-state index contributed by atoms with van der Waals surface area (Å²) in [4.78, 5) is 20.2. The van der Waals surface area contributed by atoms with Gasteiger partial charge in [0.15, 0.2) is 0 Å². The van der Waals surface area contributed by atoms with Crippen molar-refractivity contribution in [2.24, 2.45) is 0 Å². The smallest absolute Gasteiger partial charge is 0.414 e. The molecule has 3 heterocycles. The first-order valence-electron chi connectivity index (χ1n) is 7.54. The van der Waals surface area contributed by atoms with Crippen LogP contribution in [0.2, 0.25) is 0 Å². The molecule has 4 rings (SSSR count). The number of H-pyrrole nitrogens is 1. The molecule has 25 heavy (non-hydrogen) atoms. The molecule has 1 fully saturated rings. The van der Waals surface area contributed by atoms with Gasteiger partial charge >= 0.3 is 6.09 Å². The van der Waals surface area contributed by atoms with Gasteiger partial charge in [-0.15, -0.1) is 0 Å². The molecule has 1 saturated heterocycles. The van der Waals surface area contributed by atoms with Crippen LogP contribution in [0.5, 0.6) is 0 Å². The lowest BCUT2D eigenvalue weighted by atomic mass is 10.2. The number of hydrogen-bond donors (Lipinski definition) is 2. The Morgan fingerprint density at radius 1 is 1.24 bits per heavy atom. The van der Waals surface area contributed by atoms with E-state index < -0.39 is 16.1 Å². The molecule has 1 aromatic carbocycles. The SMILES string of the molecule is O=C1OCCN1c1cccc(NS(=O)(=O)c2c[nH]c3ncccc23)c1. The standard InChI is InChI=1S/C16H14N4O4S/c21-16-20(7-8-24-16)12-4-1-3-11(9-12)19-25(22,23)14-10-18-15-13(14)5-2-6-17-15/h1-6,9-10,19H,7-8H2,(H,17,18). The maximum atomic E-state index is 12.7. The molecule has 0 atom stereocenters. The summed E-state index contributed by atoms with van der Waals surface area (Å²) in [6.07, 6.45) is 2.55. The normalized spacial score (nSPS) is 14.7. The summed E-state index contributed by atoms with van der Waals surface area (Å²) < 4.78 is 32.9. The number of nitrogens with one attached hydrogen (secondary N) is 2. The van der Waals surface area contributed by atoms with Gasteiger partial charge in [0.1, 0.15) is 17.1 Å². The van der Waals surface area contributed by atoms with Gasteiger partial charge < -0.3 is 9.72 Å². The maximum absolute atomic E-state index is 12.7. The summed E-state index contributed by atoms with van der Waals surface area (Å²) >= 11 is 0. The quantitative estimate of drug-likeness (QED) is 0.745. The molecular weight excluding hydrogens is 344 g/mol. The summed E-state index contributed by atoms with van der Waals surface area (Å²) in [6.45, 7) is 0.750. The van der Waals surface area contributed by atoms with Gasteiger partial charge in [0, 0.05) is 23.5 Å². The van der Waals surface area contributed by atoms with Crippen LogP contribution in [-0.4, -0.2) is 37.6 Å². The molecule has 8 nitrogen and oxygen atoms in total. The third-order valence-corrected chi connectivity index (χ3v) is 5.29. The minimum Gasteiger partial charge on any atom is -0.447 e. The molecule has 0 saturated carbocycles. The zero-order valence-corrected chi connectivity index (χ0v) is 13.8. The molecule has 1 aliphatic rings. The number of carbonyl (C=O) groups is 1.